The van der Waals surface area contributed by atoms with Crippen LogP contribution in [-0.2, 0) is 11.3 Å². The van der Waals surface area contributed by atoms with Crippen LogP contribution in [0.1, 0.15) is 57.6 Å². The van der Waals surface area contributed by atoms with E-state index in [1.807, 2.05) is 19.1 Å². The van der Waals surface area contributed by atoms with Crippen LogP contribution in [0, 0.1) is 41.4 Å². The topological polar surface area (TPSA) is 70.7 Å². The highest BCUT2D eigenvalue weighted by atomic mass is 16.1. The molecule has 1 heterocycles. The number of nitrogens with zero attached hydrogens (tertiary/aromatic N) is 3. The molecule has 4 bridgehead atoms. The third-order valence-corrected chi connectivity index (χ3v) is 6.81. The third-order valence-electron chi connectivity index (χ3n) is 6.81. The lowest BCUT2D eigenvalue weighted by molar-refractivity contribution is -0.112. The van der Waals surface area contributed by atoms with E-state index in [1.165, 1.54) is 44.1 Å². The number of carbonyl (C=O) groups is 1. The summed E-state index contributed by atoms with van der Waals surface area (Å²) in [5, 5.41) is 16.1. The summed E-state index contributed by atoms with van der Waals surface area (Å²) in [7, 11) is 0. The number of carbonyl (C=O) groups excluding carboxylic acids is 1. The molecule has 5 rings (SSSR count). The molecule has 4 fully saturated rings. The summed E-state index contributed by atoms with van der Waals surface area (Å²) in [6.07, 6.45) is 10.3. The smallest absolute Gasteiger partial charge is 0.249 e. The zero-order chi connectivity index (χ0) is 18.3. The molecule has 138 valence electrons. The van der Waals surface area contributed by atoms with Crippen LogP contribution in [-0.4, -0.2) is 15.7 Å². The van der Waals surface area contributed by atoms with E-state index in [0.29, 0.717) is 18.8 Å². The monoisotopic (exact) mass is 352 g/mol. The number of rotatable bonds is 5. The molecule has 1 N–H and O–H groups in total. The van der Waals surface area contributed by atoms with Gasteiger partial charge in [0.2, 0.25) is 5.91 Å². The molecule has 0 atom stereocenters. The molecule has 0 saturated heterocycles. The molecular formula is C21H28N4O. The first-order valence-electron chi connectivity index (χ1n) is 9.88. The number of aromatic nitrogens is 2. The first-order chi connectivity index (χ1) is 12.5. The van der Waals surface area contributed by atoms with Crippen molar-refractivity contribution in [3.8, 4) is 6.07 Å². The second-order valence-corrected chi connectivity index (χ2v) is 8.82. The van der Waals surface area contributed by atoms with Crippen LogP contribution in [0.4, 0.5) is 5.82 Å². The lowest BCUT2D eigenvalue weighted by Crippen LogP contribution is -2.46. The molecule has 4 aliphatic carbocycles. The van der Waals surface area contributed by atoms with Gasteiger partial charge in [0, 0.05) is 12.1 Å². The van der Waals surface area contributed by atoms with Crippen molar-refractivity contribution in [1.29, 1.82) is 5.26 Å². The van der Waals surface area contributed by atoms with E-state index in [1.54, 1.807) is 4.68 Å². The van der Waals surface area contributed by atoms with E-state index < -0.39 is 0 Å². The van der Waals surface area contributed by atoms with Crippen LogP contribution in [0.25, 0.3) is 0 Å². The standard InChI is InChI=1S/C21H28N4O/c1-14(21-11-16-8-17(12-21)10-18(9-16)13-21)6-20(26)23-19-7-15(2)24-25(19)5-3-4-22/h6-7,16-18H,3,5,8-13H2,1-2H3,(H,23,26)/b14-6-. The highest BCUT2D eigenvalue weighted by Gasteiger charge is 2.51. The molecular weight excluding hydrogens is 324 g/mol. The van der Waals surface area contributed by atoms with Gasteiger partial charge >= 0.3 is 0 Å². The predicted octanol–water partition coefficient (Wildman–Crippen LogP) is 4.21. The summed E-state index contributed by atoms with van der Waals surface area (Å²) >= 11 is 0. The van der Waals surface area contributed by atoms with E-state index in [-0.39, 0.29) is 11.3 Å². The van der Waals surface area contributed by atoms with Crippen molar-refractivity contribution in [1.82, 2.24) is 9.78 Å². The number of hydrogen-bond donors (Lipinski definition) is 1. The van der Waals surface area contributed by atoms with Crippen molar-refractivity contribution in [3.63, 3.8) is 0 Å². The second-order valence-electron chi connectivity index (χ2n) is 8.82. The number of allylic oxidation sites excluding steroid dienone is 1. The van der Waals surface area contributed by atoms with E-state index in [0.717, 1.165) is 23.4 Å². The fourth-order valence-corrected chi connectivity index (χ4v) is 6.08. The highest BCUT2D eigenvalue weighted by Crippen LogP contribution is 2.62. The van der Waals surface area contributed by atoms with E-state index >= 15 is 0 Å². The summed E-state index contributed by atoms with van der Waals surface area (Å²) < 4.78 is 1.71. The molecule has 1 aromatic rings. The van der Waals surface area contributed by atoms with Gasteiger partial charge in [-0.25, -0.2) is 4.68 Å². The Balaban J connectivity index is 1.48. The van der Waals surface area contributed by atoms with Crippen LogP contribution in [0.3, 0.4) is 0 Å². The van der Waals surface area contributed by atoms with Gasteiger partial charge in [0.1, 0.15) is 5.82 Å². The Morgan fingerprint density at radius 2 is 1.96 bits per heavy atom. The van der Waals surface area contributed by atoms with Gasteiger partial charge in [-0.2, -0.15) is 10.4 Å². The number of amides is 1. The maximum absolute atomic E-state index is 12.7. The van der Waals surface area contributed by atoms with Gasteiger partial charge < -0.3 is 5.32 Å². The highest BCUT2D eigenvalue weighted by molar-refractivity contribution is 5.99. The molecule has 1 aromatic heterocycles. The zero-order valence-electron chi connectivity index (χ0n) is 15.8. The minimum absolute atomic E-state index is 0.0728. The second kappa shape index (κ2) is 6.57. The summed E-state index contributed by atoms with van der Waals surface area (Å²) in [6.45, 7) is 4.55. The van der Waals surface area contributed by atoms with Gasteiger partial charge in [0.05, 0.1) is 24.7 Å². The summed E-state index contributed by atoms with van der Waals surface area (Å²) in [6, 6.07) is 3.99. The van der Waals surface area contributed by atoms with Crippen LogP contribution >= 0.6 is 0 Å². The summed E-state index contributed by atoms with van der Waals surface area (Å²) in [4.78, 5) is 12.7. The van der Waals surface area contributed by atoms with Gasteiger partial charge in [-0.15, -0.1) is 0 Å². The fraction of sp³-hybridized carbons (Fsp3) is 0.667. The average molecular weight is 352 g/mol. The number of nitriles is 1. The van der Waals surface area contributed by atoms with Crippen molar-refractivity contribution >= 4 is 11.7 Å². The Morgan fingerprint density at radius 1 is 1.35 bits per heavy atom. The van der Waals surface area contributed by atoms with Crippen molar-refractivity contribution in [3.05, 3.63) is 23.4 Å². The zero-order valence-corrected chi connectivity index (χ0v) is 15.8. The maximum Gasteiger partial charge on any atom is 0.249 e. The molecule has 4 saturated carbocycles. The van der Waals surface area contributed by atoms with Gasteiger partial charge in [-0.3, -0.25) is 4.79 Å². The van der Waals surface area contributed by atoms with E-state index in [9.17, 15) is 4.79 Å². The Kier molecular flexibility index (Phi) is 4.38. The Morgan fingerprint density at radius 3 is 2.54 bits per heavy atom. The van der Waals surface area contributed by atoms with Gasteiger partial charge in [0.15, 0.2) is 0 Å². The van der Waals surface area contributed by atoms with Crippen molar-refractivity contribution < 1.29 is 4.79 Å². The van der Waals surface area contributed by atoms with Crippen molar-refractivity contribution in [2.24, 2.45) is 23.2 Å². The molecule has 1 amide bonds. The first-order valence-corrected chi connectivity index (χ1v) is 9.88. The lowest BCUT2D eigenvalue weighted by Gasteiger charge is -2.57. The van der Waals surface area contributed by atoms with Crippen LogP contribution < -0.4 is 5.32 Å². The first kappa shape index (κ1) is 17.3. The van der Waals surface area contributed by atoms with Crippen molar-refractivity contribution in [2.75, 3.05) is 5.32 Å². The molecule has 26 heavy (non-hydrogen) atoms. The molecule has 0 aromatic carbocycles. The number of nitrogens with one attached hydrogen (secondary N) is 1. The fourth-order valence-electron chi connectivity index (χ4n) is 6.08. The van der Waals surface area contributed by atoms with E-state index in [4.69, 9.17) is 5.26 Å². The predicted molar refractivity (Wildman–Crippen MR) is 100 cm³/mol. The average Bonchev–Trinajstić information content (AvgIpc) is 2.90. The summed E-state index contributed by atoms with van der Waals surface area (Å²) in [5.74, 6) is 3.24. The number of aryl methyl sites for hydroxylation is 2. The third kappa shape index (κ3) is 3.18. The SMILES string of the molecule is C/C(=C/C(=O)Nc1cc(C)nn1CCC#N)C12CC3CC(CC(C3)C1)C2. The van der Waals surface area contributed by atoms with Gasteiger partial charge in [-0.1, -0.05) is 5.57 Å². The Bertz CT molecular complexity index is 747. The summed E-state index contributed by atoms with van der Waals surface area (Å²) in [5.41, 5.74) is 2.37. The Hall–Kier alpha value is -2.09. The van der Waals surface area contributed by atoms with Crippen LogP contribution in [0.2, 0.25) is 0 Å². The van der Waals surface area contributed by atoms with Crippen molar-refractivity contribution in [2.45, 2.75) is 65.3 Å². The Labute approximate surface area is 155 Å². The molecule has 5 heteroatoms. The molecule has 4 aliphatic rings. The quantitative estimate of drug-likeness (QED) is 0.807. The molecule has 0 radical (unpaired) electrons. The molecule has 0 spiro atoms. The molecule has 0 aliphatic heterocycles. The van der Waals surface area contributed by atoms with Crippen LogP contribution in [0.15, 0.2) is 17.7 Å². The normalized spacial score (nSPS) is 32.5. The minimum atomic E-state index is -0.0728. The van der Waals surface area contributed by atoms with Gasteiger partial charge in [-0.05, 0) is 75.5 Å². The van der Waals surface area contributed by atoms with Crippen LogP contribution in [0.5, 0.6) is 0 Å². The van der Waals surface area contributed by atoms with E-state index in [2.05, 4.69) is 23.4 Å². The number of hydrogen-bond acceptors (Lipinski definition) is 3. The number of anilines is 1. The molecule has 5 nitrogen and oxygen atoms in total. The lowest BCUT2D eigenvalue weighted by atomic mass is 9.48. The molecule has 0 unspecified atom stereocenters. The largest absolute Gasteiger partial charge is 0.307 e. The maximum atomic E-state index is 12.7. The minimum Gasteiger partial charge on any atom is -0.307 e. The van der Waals surface area contributed by atoms with Gasteiger partial charge in [0.25, 0.3) is 0 Å².